The van der Waals surface area contributed by atoms with E-state index in [4.69, 9.17) is 11.6 Å². The van der Waals surface area contributed by atoms with Gasteiger partial charge in [0.25, 0.3) is 17.6 Å². The number of amides is 1. The van der Waals surface area contributed by atoms with Gasteiger partial charge in [-0.15, -0.1) is 5.10 Å². The lowest BCUT2D eigenvalue weighted by Gasteiger charge is -2.05. The number of rotatable bonds is 6. The zero-order valence-electron chi connectivity index (χ0n) is 15.2. The molecule has 0 atom stereocenters. The lowest BCUT2D eigenvalue weighted by Crippen LogP contribution is -2.14. The second-order valence-electron chi connectivity index (χ2n) is 6.30. The van der Waals surface area contributed by atoms with E-state index in [0.29, 0.717) is 29.4 Å². The van der Waals surface area contributed by atoms with Gasteiger partial charge in [0.1, 0.15) is 0 Å². The van der Waals surface area contributed by atoms with Crippen molar-refractivity contribution in [1.82, 2.24) is 24.9 Å². The molecule has 0 unspecified atom stereocenters. The summed E-state index contributed by atoms with van der Waals surface area (Å²) in [6, 6.07) is 17.9. The standard InChI is InChI=1S/C20H17ClN6O2/c21-15-8-6-14(7-9-15)18(29)24-19-25-20-23-16(10-17(28)27(20)26-19)12-22-11-13-4-2-1-3-5-13/h1-10,22,28H,11-12H2,(H,24,26,29). The van der Waals surface area contributed by atoms with E-state index in [0.717, 1.165) is 10.1 Å². The lowest BCUT2D eigenvalue weighted by atomic mass is 10.2. The predicted molar refractivity (Wildman–Crippen MR) is 109 cm³/mol. The third kappa shape index (κ3) is 4.50. The SMILES string of the molecule is O=C(Nc1nc2nc(CNCc3ccccc3)cc(O)n2n1)c1ccc(Cl)cc1. The zero-order valence-corrected chi connectivity index (χ0v) is 16.0. The number of hydrogen-bond donors (Lipinski definition) is 3. The Morgan fingerprint density at radius 3 is 2.55 bits per heavy atom. The van der Waals surface area contributed by atoms with Crippen LogP contribution in [0, 0.1) is 0 Å². The van der Waals surface area contributed by atoms with Crippen LogP contribution in [0.25, 0.3) is 5.78 Å². The van der Waals surface area contributed by atoms with E-state index in [1.807, 2.05) is 30.3 Å². The van der Waals surface area contributed by atoms with Gasteiger partial charge in [-0.3, -0.25) is 10.1 Å². The van der Waals surface area contributed by atoms with E-state index in [1.165, 1.54) is 6.07 Å². The quantitative estimate of drug-likeness (QED) is 0.453. The summed E-state index contributed by atoms with van der Waals surface area (Å²) < 4.78 is 1.16. The molecule has 4 aromatic rings. The lowest BCUT2D eigenvalue weighted by molar-refractivity contribution is 0.102. The summed E-state index contributed by atoms with van der Waals surface area (Å²) in [5.74, 6) is -0.275. The van der Waals surface area contributed by atoms with Crippen LogP contribution in [0.5, 0.6) is 5.88 Å². The smallest absolute Gasteiger partial charge is 0.258 e. The monoisotopic (exact) mass is 408 g/mol. The Labute approximate surface area is 171 Å². The van der Waals surface area contributed by atoms with E-state index >= 15 is 0 Å². The number of benzene rings is 2. The second kappa shape index (κ2) is 8.26. The number of carbonyl (C=O) groups is 1. The molecule has 0 radical (unpaired) electrons. The molecule has 0 bridgehead atoms. The molecule has 0 spiro atoms. The molecule has 146 valence electrons. The van der Waals surface area contributed by atoms with E-state index in [-0.39, 0.29) is 23.5 Å². The highest BCUT2D eigenvalue weighted by atomic mass is 35.5. The Morgan fingerprint density at radius 1 is 1.03 bits per heavy atom. The molecule has 9 heteroatoms. The maximum Gasteiger partial charge on any atom is 0.258 e. The summed E-state index contributed by atoms with van der Waals surface area (Å²) in [5.41, 5.74) is 2.16. The topological polar surface area (TPSA) is 104 Å². The second-order valence-corrected chi connectivity index (χ2v) is 6.74. The Hall–Kier alpha value is -3.49. The molecule has 2 aromatic carbocycles. The van der Waals surface area contributed by atoms with Gasteiger partial charge in [0.05, 0.1) is 5.69 Å². The van der Waals surface area contributed by atoms with Crippen molar-refractivity contribution in [1.29, 1.82) is 0 Å². The molecule has 8 nitrogen and oxygen atoms in total. The number of nitrogens with zero attached hydrogens (tertiary/aromatic N) is 4. The van der Waals surface area contributed by atoms with Gasteiger partial charge in [-0.2, -0.15) is 9.50 Å². The minimum absolute atomic E-state index is 0.0437. The fourth-order valence-corrected chi connectivity index (χ4v) is 2.88. The van der Waals surface area contributed by atoms with Crippen LogP contribution in [-0.2, 0) is 13.1 Å². The summed E-state index contributed by atoms with van der Waals surface area (Å²) in [6.07, 6.45) is 0. The molecule has 2 heterocycles. The Balaban J connectivity index is 1.46. The summed E-state index contributed by atoms with van der Waals surface area (Å²) in [6.45, 7) is 1.11. The average molecular weight is 409 g/mol. The number of carbonyl (C=O) groups excluding carboxylic acids is 1. The molecule has 0 saturated heterocycles. The van der Waals surface area contributed by atoms with Gasteiger partial charge in [0.15, 0.2) is 0 Å². The summed E-state index contributed by atoms with van der Waals surface area (Å²) in [5, 5.41) is 20.7. The Morgan fingerprint density at radius 2 is 1.79 bits per heavy atom. The van der Waals surface area contributed by atoms with Gasteiger partial charge in [-0.1, -0.05) is 41.9 Å². The van der Waals surface area contributed by atoms with Gasteiger partial charge >= 0.3 is 0 Å². The molecule has 1 amide bonds. The van der Waals surface area contributed by atoms with Crippen LogP contribution in [0.3, 0.4) is 0 Å². The third-order valence-electron chi connectivity index (χ3n) is 4.16. The summed E-state index contributed by atoms with van der Waals surface area (Å²) in [7, 11) is 0. The average Bonchev–Trinajstić information content (AvgIpc) is 3.12. The molecule has 2 aromatic heterocycles. The predicted octanol–water partition coefficient (Wildman–Crippen LogP) is 3.03. The first-order chi connectivity index (χ1) is 14.1. The minimum atomic E-state index is -0.387. The number of aromatic hydroxyl groups is 1. The number of halogens is 1. The molecule has 0 aliphatic rings. The Bertz CT molecular complexity index is 1150. The minimum Gasteiger partial charge on any atom is -0.493 e. The van der Waals surface area contributed by atoms with Crippen LogP contribution < -0.4 is 10.6 Å². The van der Waals surface area contributed by atoms with Gasteiger partial charge in [0, 0.05) is 29.7 Å². The normalized spacial score (nSPS) is 10.9. The third-order valence-corrected chi connectivity index (χ3v) is 4.41. The summed E-state index contributed by atoms with van der Waals surface area (Å²) in [4.78, 5) is 20.8. The van der Waals surface area contributed by atoms with E-state index in [2.05, 4.69) is 25.7 Å². The molecule has 4 rings (SSSR count). The first-order valence-corrected chi connectivity index (χ1v) is 9.23. The fraction of sp³-hybridized carbons (Fsp3) is 0.100. The molecular weight excluding hydrogens is 392 g/mol. The first kappa shape index (κ1) is 18.9. The van der Waals surface area contributed by atoms with Crippen molar-refractivity contribution in [2.45, 2.75) is 13.1 Å². The highest BCUT2D eigenvalue weighted by molar-refractivity contribution is 6.30. The number of hydrogen-bond acceptors (Lipinski definition) is 6. The van der Waals surface area contributed by atoms with Crippen LogP contribution in [0.15, 0.2) is 60.7 Å². The first-order valence-electron chi connectivity index (χ1n) is 8.86. The van der Waals surface area contributed by atoms with Crippen LogP contribution in [0.2, 0.25) is 5.02 Å². The van der Waals surface area contributed by atoms with Gasteiger partial charge < -0.3 is 10.4 Å². The van der Waals surface area contributed by atoms with Gasteiger partial charge in [0.2, 0.25) is 5.88 Å². The molecule has 0 aliphatic heterocycles. The van der Waals surface area contributed by atoms with Crippen molar-refractivity contribution >= 4 is 29.2 Å². The van der Waals surface area contributed by atoms with Crippen molar-refractivity contribution < 1.29 is 9.90 Å². The van der Waals surface area contributed by atoms with E-state index < -0.39 is 0 Å². The zero-order chi connectivity index (χ0) is 20.2. The number of aromatic nitrogens is 4. The maximum atomic E-state index is 12.3. The van der Waals surface area contributed by atoms with Gasteiger partial charge in [-0.05, 0) is 29.8 Å². The van der Waals surface area contributed by atoms with Crippen LogP contribution in [0.1, 0.15) is 21.6 Å². The fourth-order valence-electron chi connectivity index (χ4n) is 2.75. The Kier molecular flexibility index (Phi) is 5.37. The molecule has 3 N–H and O–H groups in total. The van der Waals surface area contributed by atoms with Gasteiger partial charge in [-0.25, -0.2) is 4.98 Å². The van der Waals surface area contributed by atoms with Crippen molar-refractivity contribution in [2.75, 3.05) is 5.32 Å². The van der Waals surface area contributed by atoms with E-state index in [1.54, 1.807) is 24.3 Å². The largest absolute Gasteiger partial charge is 0.493 e. The van der Waals surface area contributed by atoms with Crippen molar-refractivity contribution in [3.05, 3.63) is 82.5 Å². The highest BCUT2D eigenvalue weighted by Crippen LogP contribution is 2.15. The van der Waals surface area contributed by atoms with Crippen molar-refractivity contribution in [3.63, 3.8) is 0 Å². The van der Waals surface area contributed by atoms with E-state index in [9.17, 15) is 9.90 Å². The maximum absolute atomic E-state index is 12.3. The molecule has 0 saturated carbocycles. The molecule has 29 heavy (non-hydrogen) atoms. The highest BCUT2D eigenvalue weighted by Gasteiger charge is 2.14. The van der Waals surface area contributed by atoms with Crippen molar-refractivity contribution in [3.8, 4) is 5.88 Å². The molecule has 0 aliphatic carbocycles. The number of anilines is 1. The number of fused-ring (bicyclic) bond motifs is 1. The number of nitrogens with one attached hydrogen (secondary N) is 2. The van der Waals surface area contributed by atoms with Crippen LogP contribution in [-0.4, -0.2) is 30.6 Å². The molecule has 0 fully saturated rings. The van der Waals surface area contributed by atoms with Crippen LogP contribution in [0.4, 0.5) is 5.95 Å². The van der Waals surface area contributed by atoms with Crippen molar-refractivity contribution in [2.24, 2.45) is 0 Å². The molecular formula is C20H17ClN6O2. The van der Waals surface area contributed by atoms with Crippen LogP contribution >= 0.6 is 11.6 Å². The summed E-state index contributed by atoms with van der Waals surface area (Å²) >= 11 is 5.83.